The average Bonchev–Trinajstić information content (AvgIpc) is 3.09. The first kappa shape index (κ1) is 15.3. The van der Waals surface area contributed by atoms with E-state index in [1.54, 1.807) is 25.1 Å². The third-order valence-corrected chi connectivity index (χ3v) is 5.07. The number of hydrogen-bond acceptors (Lipinski definition) is 4. The minimum absolute atomic E-state index is 0.0446. The molecule has 1 aromatic heterocycles. The van der Waals surface area contributed by atoms with E-state index in [9.17, 15) is 4.79 Å². The van der Waals surface area contributed by atoms with Crippen LogP contribution in [0.3, 0.4) is 0 Å². The van der Waals surface area contributed by atoms with Crippen LogP contribution >= 0.6 is 0 Å². The molecule has 1 saturated carbocycles. The van der Waals surface area contributed by atoms with Crippen LogP contribution in [0.25, 0.3) is 0 Å². The van der Waals surface area contributed by atoms with Crippen molar-refractivity contribution in [2.45, 2.75) is 38.6 Å². The van der Waals surface area contributed by atoms with E-state index in [0.29, 0.717) is 0 Å². The highest BCUT2D eigenvalue weighted by molar-refractivity contribution is 5.91. The summed E-state index contributed by atoms with van der Waals surface area (Å²) in [4.78, 5) is 22.7. The number of pyridine rings is 1. The molecule has 0 aromatic carbocycles. The largest absolute Gasteiger partial charge is 0.354 e. The third kappa shape index (κ3) is 3.24. The van der Waals surface area contributed by atoms with Gasteiger partial charge in [0.25, 0.3) is 0 Å². The maximum Gasteiger partial charge on any atom is 0.223 e. The summed E-state index contributed by atoms with van der Waals surface area (Å²) in [5.41, 5.74) is 0.913. The molecule has 1 amide bonds. The van der Waals surface area contributed by atoms with Gasteiger partial charge in [-0.25, -0.2) is 4.98 Å². The van der Waals surface area contributed by atoms with Gasteiger partial charge in [0.15, 0.2) is 0 Å². The molecule has 0 unspecified atom stereocenters. The summed E-state index contributed by atoms with van der Waals surface area (Å²) in [7, 11) is 1.81. The Balaban J connectivity index is 1.63. The van der Waals surface area contributed by atoms with Gasteiger partial charge in [-0.2, -0.15) is 0 Å². The molecule has 120 valence electrons. The Labute approximate surface area is 132 Å². The molecule has 0 atom stereocenters. The molecule has 22 heavy (non-hydrogen) atoms. The molecule has 0 N–H and O–H groups in total. The molecule has 1 aromatic rings. The SMILES string of the molecule is CC(=O)N(C)c1ccnc(N2CCN(C3CCCC3)CC2)c1. The second kappa shape index (κ2) is 6.65. The number of rotatable bonds is 3. The molecular weight excluding hydrogens is 276 g/mol. The Kier molecular flexibility index (Phi) is 4.62. The molecule has 5 nitrogen and oxygen atoms in total. The minimum Gasteiger partial charge on any atom is -0.354 e. The Hall–Kier alpha value is -1.62. The van der Waals surface area contributed by atoms with E-state index in [4.69, 9.17) is 0 Å². The number of piperazine rings is 1. The van der Waals surface area contributed by atoms with E-state index < -0.39 is 0 Å². The molecule has 0 spiro atoms. The van der Waals surface area contributed by atoms with Crippen molar-refractivity contribution in [3.63, 3.8) is 0 Å². The fraction of sp³-hybridized carbons (Fsp3) is 0.647. The molecule has 2 fully saturated rings. The van der Waals surface area contributed by atoms with Crippen LogP contribution in [0.2, 0.25) is 0 Å². The van der Waals surface area contributed by atoms with Gasteiger partial charge in [-0.05, 0) is 18.9 Å². The summed E-state index contributed by atoms with van der Waals surface area (Å²) in [6.07, 6.45) is 7.33. The first-order valence-corrected chi connectivity index (χ1v) is 8.34. The number of aromatic nitrogens is 1. The van der Waals surface area contributed by atoms with Crippen molar-refractivity contribution in [2.24, 2.45) is 0 Å². The molecule has 5 heteroatoms. The zero-order chi connectivity index (χ0) is 15.5. The van der Waals surface area contributed by atoms with Gasteiger partial charge in [0.2, 0.25) is 5.91 Å². The second-order valence-electron chi connectivity index (χ2n) is 6.41. The highest BCUT2D eigenvalue weighted by Crippen LogP contribution is 2.26. The van der Waals surface area contributed by atoms with Crippen LogP contribution in [-0.2, 0) is 4.79 Å². The van der Waals surface area contributed by atoms with Crippen molar-refractivity contribution in [2.75, 3.05) is 43.0 Å². The maximum absolute atomic E-state index is 11.5. The highest BCUT2D eigenvalue weighted by atomic mass is 16.2. The monoisotopic (exact) mass is 302 g/mol. The molecule has 3 rings (SSSR count). The van der Waals surface area contributed by atoms with Gasteiger partial charge in [-0.15, -0.1) is 0 Å². The van der Waals surface area contributed by atoms with Crippen LogP contribution in [0.1, 0.15) is 32.6 Å². The zero-order valence-corrected chi connectivity index (χ0v) is 13.7. The predicted molar refractivity (Wildman–Crippen MR) is 89.4 cm³/mol. The van der Waals surface area contributed by atoms with Gasteiger partial charge in [-0.3, -0.25) is 9.69 Å². The lowest BCUT2D eigenvalue weighted by Gasteiger charge is -2.38. The van der Waals surface area contributed by atoms with Crippen LogP contribution in [0.4, 0.5) is 11.5 Å². The molecular formula is C17H26N4O. The number of carbonyl (C=O) groups is 1. The van der Waals surface area contributed by atoms with Crippen LogP contribution in [0.5, 0.6) is 0 Å². The second-order valence-corrected chi connectivity index (χ2v) is 6.41. The van der Waals surface area contributed by atoms with Crippen molar-refractivity contribution in [1.29, 1.82) is 0 Å². The van der Waals surface area contributed by atoms with Gasteiger partial charge in [0.05, 0.1) is 0 Å². The van der Waals surface area contributed by atoms with Crippen LogP contribution in [-0.4, -0.2) is 55.1 Å². The minimum atomic E-state index is 0.0446. The number of anilines is 2. The van der Waals surface area contributed by atoms with E-state index in [1.807, 2.05) is 12.1 Å². The summed E-state index contributed by atoms with van der Waals surface area (Å²) in [5, 5.41) is 0. The van der Waals surface area contributed by atoms with Gasteiger partial charge in [0.1, 0.15) is 5.82 Å². The molecule has 0 bridgehead atoms. The molecule has 1 aliphatic carbocycles. The Morgan fingerprint density at radius 3 is 2.55 bits per heavy atom. The topological polar surface area (TPSA) is 39.7 Å². The van der Waals surface area contributed by atoms with Crippen LogP contribution in [0, 0.1) is 0 Å². The van der Waals surface area contributed by atoms with Gasteiger partial charge < -0.3 is 9.80 Å². The Morgan fingerprint density at radius 1 is 1.23 bits per heavy atom. The zero-order valence-electron chi connectivity index (χ0n) is 13.7. The summed E-state index contributed by atoms with van der Waals surface area (Å²) < 4.78 is 0. The Bertz CT molecular complexity index is 519. The summed E-state index contributed by atoms with van der Waals surface area (Å²) in [6, 6.07) is 4.72. The highest BCUT2D eigenvalue weighted by Gasteiger charge is 2.26. The van der Waals surface area contributed by atoms with Gasteiger partial charge >= 0.3 is 0 Å². The standard InChI is InChI=1S/C17H26N4O/c1-14(22)19(2)16-7-8-18-17(13-16)21-11-9-20(10-12-21)15-5-3-4-6-15/h7-8,13,15H,3-6,9-12H2,1-2H3. The summed E-state index contributed by atoms with van der Waals surface area (Å²) >= 11 is 0. The lowest BCUT2D eigenvalue weighted by atomic mass is 10.2. The Morgan fingerprint density at radius 2 is 1.91 bits per heavy atom. The lowest BCUT2D eigenvalue weighted by molar-refractivity contribution is -0.116. The fourth-order valence-electron chi connectivity index (χ4n) is 3.56. The van der Waals surface area contributed by atoms with Gasteiger partial charge in [-0.1, -0.05) is 12.8 Å². The first-order chi connectivity index (χ1) is 10.6. The lowest BCUT2D eigenvalue weighted by Crippen LogP contribution is -2.50. The molecule has 1 saturated heterocycles. The van der Waals surface area contributed by atoms with Crippen molar-refractivity contribution in [3.05, 3.63) is 18.3 Å². The first-order valence-electron chi connectivity index (χ1n) is 8.34. The van der Waals surface area contributed by atoms with E-state index in [2.05, 4.69) is 14.8 Å². The third-order valence-electron chi connectivity index (χ3n) is 5.07. The molecule has 2 heterocycles. The van der Waals surface area contributed by atoms with Crippen molar-refractivity contribution in [3.8, 4) is 0 Å². The molecule has 1 aliphatic heterocycles. The normalized spacial score (nSPS) is 20.4. The van der Waals surface area contributed by atoms with Crippen LogP contribution < -0.4 is 9.80 Å². The average molecular weight is 302 g/mol. The number of hydrogen-bond donors (Lipinski definition) is 0. The quantitative estimate of drug-likeness (QED) is 0.857. The predicted octanol–water partition coefficient (Wildman–Crippen LogP) is 2.13. The van der Waals surface area contributed by atoms with E-state index in [-0.39, 0.29) is 5.91 Å². The van der Waals surface area contributed by atoms with Crippen molar-refractivity contribution in [1.82, 2.24) is 9.88 Å². The molecule has 0 radical (unpaired) electrons. The van der Waals surface area contributed by atoms with E-state index in [0.717, 1.165) is 43.7 Å². The number of carbonyl (C=O) groups excluding carboxylic acids is 1. The maximum atomic E-state index is 11.5. The van der Waals surface area contributed by atoms with Crippen molar-refractivity contribution < 1.29 is 4.79 Å². The molecule has 2 aliphatic rings. The smallest absolute Gasteiger partial charge is 0.223 e. The van der Waals surface area contributed by atoms with E-state index >= 15 is 0 Å². The fourth-order valence-corrected chi connectivity index (χ4v) is 3.56. The van der Waals surface area contributed by atoms with E-state index in [1.165, 1.54) is 25.7 Å². The summed E-state index contributed by atoms with van der Waals surface area (Å²) in [5.74, 6) is 1.03. The van der Waals surface area contributed by atoms with Crippen molar-refractivity contribution >= 4 is 17.4 Å². The van der Waals surface area contributed by atoms with Gasteiger partial charge in [0, 0.05) is 64.1 Å². The van der Waals surface area contributed by atoms with Crippen LogP contribution in [0.15, 0.2) is 18.3 Å². The summed E-state index contributed by atoms with van der Waals surface area (Å²) in [6.45, 7) is 5.88. The number of amides is 1. The number of nitrogens with zero attached hydrogens (tertiary/aromatic N) is 4.